The lowest BCUT2D eigenvalue weighted by Gasteiger charge is -2.60. The van der Waals surface area contributed by atoms with E-state index in [9.17, 15) is 14.3 Å². The quantitative estimate of drug-likeness (QED) is 0.187. The number of terminal acetylenes is 1. The minimum atomic E-state index is -0.740. The van der Waals surface area contributed by atoms with E-state index in [4.69, 9.17) is 30.6 Å². The fourth-order valence-corrected chi connectivity index (χ4v) is 10.8. The van der Waals surface area contributed by atoms with E-state index in [0.717, 1.165) is 77.5 Å². The smallest absolute Gasteiger partial charge is 0.410 e. The predicted molar refractivity (Wildman–Crippen MR) is 217 cm³/mol. The van der Waals surface area contributed by atoms with Crippen molar-refractivity contribution >= 4 is 33.6 Å². The fraction of sp³-hybridized carbons (Fsp3) is 0.556. The summed E-state index contributed by atoms with van der Waals surface area (Å²) in [7, 11) is 0. The van der Waals surface area contributed by atoms with Crippen molar-refractivity contribution in [2.75, 3.05) is 64.0 Å². The van der Waals surface area contributed by atoms with Crippen molar-refractivity contribution in [3.63, 3.8) is 0 Å². The van der Waals surface area contributed by atoms with Gasteiger partial charge in [-0.15, -0.1) is 6.42 Å². The third-order valence-electron chi connectivity index (χ3n) is 13.2. The van der Waals surface area contributed by atoms with Crippen LogP contribution in [0.5, 0.6) is 11.8 Å². The lowest BCUT2D eigenvalue weighted by Crippen LogP contribution is -2.65. The molecule has 5 aliphatic rings. The van der Waals surface area contributed by atoms with Gasteiger partial charge in [-0.3, -0.25) is 9.88 Å². The number of halogens is 2. The Morgan fingerprint density at radius 2 is 1.88 bits per heavy atom. The summed E-state index contributed by atoms with van der Waals surface area (Å²) in [4.78, 5) is 33.4. The number of benzene rings is 2. The molecule has 11 nitrogen and oxygen atoms in total. The predicted octanol–water partition coefficient (Wildman–Crippen LogP) is 7.70. The Bertz CT molecular complexity index is 2290. The van der Waals surface area contributed by atoms with Gasteiger partial charge >= 0.3 is 12.1 Å². The summed E-state index contributed by atoms with van der Waals surface area (Å²) in [6.45, 7) is 12.1. The highest BCUT2D eigenvalue weighted by atomic mass is 19.1. The summed E-state index contributed by atoms with van der Waals surface area (Å²) >= 11 is 0. The summed E-state index contributed by atoms with van der Waals surface area (Å²) in [5.74, 6) is 2.03. The van der Waals surface area contributed by atoms with Crippen LogP contribution in [0.15, 0.2) is 30.5 Å². The Morgan fingerprint density at radius 3 is 2.67 bits per heavy atom. The number of hydrogen-bond donors (Lipinski definition) is 1. The molecule has 9 rings (SSSR count). The van der Waals surface area contributed by atoms with Gasteiger partial charge in [-0.05, 0) is 102 Å². The molecule has 5 fully saturated rings. The normalized spacial score (nSPS) is 23.6. The molecule has 0 bridgehead atoms. The van der Waals surface area contributed by atoms with Crippen molar-refractivity contribution in [1.82, 2.24) is 24.8 Å². The van der Waals surface area contributed by atoms with Crippen LogP contribution in [0.1, 0.15) is 77.7 Å². The van der Waals surface area contributed by atoms with E-state index in [2.05, 4.69) is 20.7 Å². The molecule has 13 heteroatoms. The fourth-order valence-electron chi connectivity index (χ4n) is 10.8. The van der Waals surface area contributed by atoms with Gasteiger partial charge in [0, 0.05) is 73.3 Å². The van der Waals surface area contributed by atoms with E-state index in [-0.39, 0.29) is 56.4 Å². The highest BCUT2D eigenvalue weighted by molar-refractivity contribution is 6.03. The summed E-state index contributed by atoms with van der Waals surface area (Å²) in [5, 5.41) is 11.8. The zero-order chi connectivity index (χ0) is 40.4. The Kier molecular flexibility index (Phi) is 9.87. The van der Waals surface area contributed by atoms with Gasteiger partial charge < -0.3 is 29.1 Å². The molecule has 1 N–H and O–H groups in total. The first kappa shape index (κ1) is 38.7. The number of aromatic nitrogens is 3. The van der Waals surface area contributed by atoms with E-state index in [1.54, 1.807) is 0 Å². The molecular weight excluding hydrogens is 743 g/mol. The number of carbonyl (C=O) groups is 1. The maximum Gasteiger partial charge on any atom is 0.410 e. The number of piperidine rings is 1. The van der Waals surface area contributed by atoms with Crippen LogP contribution in [0, 0.1) is 40.7 Å². The van der Waals surface area contributed by atoms with Gasteiger partial charge in [-0.25, -0.2) is 13.6 Å². The van der Waals surface area contributed by atoms with E-state index in [0.29, 0.717) is 61.5 Å². The molecule has 1 spiro atoms. The highest BCUT2D eigenvalue weighted by Crippen LogP contribution is 2.54. The van der Waals surface area contributed by atoms with Crippen LogP contribution in [0.4, 0.5) is 19.4 Å². The van der Waals surface area contributed by atoms with Gasteiger partial charge in [-0.2, -0.15) is 9.97 Å². The average Bonchev–Trinajstić information content (AvgIpc) is 3.40. The third kappa shape index (κ3) is 7.06. The second kappa shape index (κ2) is 14.8. The number of hydrogen-bond acceptors (Lipinski definition) is 10. The molecule has 4 aromatic rings. The topological polar surface area (TPSA) is 113 Å². The number of amides is 1. The maximum atomic E-state index is 17.1. The number of aromatic hydroxyl groups is 1. The molecular formula is C45H52F2N6O5. The standard InChI is InChI=1S/C45H52F2N6O5/c1-5-31-34(46)11-10-29-19-30(54)20-32(36(29)31)38-37(47)39-33(23-48-38)40(51-15-8-17-56-18-16-51)50-41(49-39)57-27-45-12-6-9-35(45)52(14-7-13-45)24-28-21-44(22-28)25-53(26-44)42(55)58-43(2,3)4/h1,10-11,19-20,23,28,35,54H,6-9,12-18,21-22,24-27H2,2-4H3/t35-,45-/m1/s1. The van der Waals surface area contributed by atoms with Crippen LogP contribution in [-0.2, 0) is 9.47 Å². The minimum Gasteiger partial charge on any atom is -0.508 e. The van der Waals surface area contributed by atoms with E-state index < -0.39 is 17.2 Å². The van der Waals surface area contributed by atoms with Crippen LogP contribution >= 0.6 is 0 Å². The van der Waals surface area contributed by atoms with Gasteiger partial charge in [0.05, 0.1) is 24.2 Å². The summed E-state index contributed by atoms with van der Waals surface area (Å²) in [6.07, 6.45) is 15.5. The second-order valence-corrected chi connectivity index (χ2v) is 18.4. The van der Waals surface area contributed by atoms with Crippen molar-refractivity contribution in [3.05, 3.63) is 47.7 Å². The van der Waals surface area contributed by atoms with Gasteiger partial charge in [-0.1, -0.05) is 18.4 Å². The molecule has 0 unspecified atom stereocenters. The molecule has 58 heavy (non-hydrogen) atoms. The van der Waals surface area contributed by atoms with Gasteiger partial charge in [0.25, 0.3) is 0 Å². The van der Waals surface area contributed by atoms with Crippen molar-refractivity contribution < 1.29 is 32.9 Å². The van der Waals surface area contributed by atoms with Crippen LogP contribution in [0.3, 0.4) is 0 Å². The zero-order valence-electron chi connectivity index (χ0n) is 33.7. The Balaban J connectivity index is 0.977. The summed E-state index contributed by atoms with van der Waals surface area (Å²) in [6, 6.07) is 6.02. The van der Waals surface area contributed by atoms with Crippen molar-refractivity contribution in [2.24, 2.45) is 16.7 Å². The second-order valence-electron chi connectivity index (χ2n) is 18.4. The number of pyridine rings is 1. The highest BCUT2D eigenvalue weighted by Gasteiger charge is 2.56. The Hall–Kier alpha value is -4.80. The van der Waals surface area contributed by atoms with Crippen molar-refractivity contribution in [2.45, 2.75) is 83.8 Å². The first-order valence-electron chi connectivity index (χ1n) is 20.8. The number of likely N-dealkylation sites (tertiary alicyclic amines) is 2. The number of phenolic OH excluding ortho intramolecular Hbond substituents is 1. The number of fused-ring (bicyclic) bond motifs is 3. The number of carbonyl (C=O) groups excluding carboxylic acids is 1. The molecule has 5 heterocycles. The number of ether oxygens (including phenoxy) is 3. The molecule has 306 valence electrons. The molecule has 0 radical (unpaired) electrons. The zero-order valence-corrected chi connectivity index (χ0v) is 33.7. The van der Waals surface area contributed by atoms with Crippen LogP contribution in [0.2, 0.25) is 0 Å². The summed E-state index contributed by atoms with van der Waals surface area (Å²) in [5.41, 5.74) is -0.292. The van der Waals surface area contributed by atoms with Crippen molar-refractivity contribution in [1.29, 1.82) is 0 Å². The largest absolute Gasteiger partial charge is 0.508 e. The van der Waals surface area contributed by atoms with Crippen LogP contribution in [-0.4, -0.2) is 107 Å². The monoisotopic (exact) mass is 794 g/mol. The average molecular weight is 795 g/mol. The van der Waals surface area contributed by atoms with Gasteiger partial charge in [0.2, 0.25) is 0 Å². The Morgan fingerprint density at radius 1 is 1.07 bits per heavy atom. The Labute approximate surface area is 338 Å². The third-order valence-corrected chi connectivity index (χ3v) is 13.2. The van der Waals surface area contributed by atoms with Crippen molar-refractivity contribution in [3.8, 4) is 35.4 Å². The lowest BCUT2D eigenvalue weighted by atomic mass is 9.57. The molecule has 2 saturated carbocycles. The van der Waals surface area contributed by atoms with Gasteiger partial charge in [0.1, 0.15) is 34.2 Å². The van der Waals surface area contributed by atoms with Crippen LogP contribution < -0.4 is 9.64 Å². The van der Waals surface area contributed by atoms with E-state index in [1.807, 2.05) is 25.7 Å². The van der Waals surface area contributed by atoms with E-state index in [1.165, 1.54) is 30.5 Å². The number of rotatable bonds is 7. The first-order valence-corrected chi connectivity index (χ1v) is 20.8. The maximum absolute atomic E-state index is 17.1. The first-order chi connectivity index (χ1) is 27.8. The number of nitrogens with zero attached hydrogens (tertiary/aromatic N) is 6. The van der Waals surface area contributed by atoms with Crippen LogP contribution in [0.25, 0.3) is 32.9 Å². The number of anilines is 1. The SMILES string of the molecule is C#Cc1c(F)ccc2cc(O)cc(-c3ncc4c(N5CCCOCC5)nc(OC[C@]56CCC[C@H]5N(CC5CC7(C5)CN(C(=O)OC(C)(C)C)C7)CCC6)nc4c3F)c12. The summed E-state index contributed by atoms with van der Waals surface area (Å²) < 4.78 is 50.0. The molecule has 2 aromatic carbocycles. The molecule has 2 aromatic heterocycles. The number of phenols is 1. The van der Waals surface area contributed by atoms with Gasteiger partial charge in [0.15, 0.2) is 5.82 Å². The van der Waals surface area contributed by atoms with E-state index >= 15 is 4.39 Å². The minimum absolute atomic E-state index is 0.0243. The lowest BCUT2D eigenvalue weighted by molar-refractivity contribution is -0.108. The molecule has 2 aliphatic carbocycles. The molecule has 3 saturated heterocycles. The molecule has 1 amide bonds. The molecule has 3 aliphatic heterocycles. The molecule has 2 atom stereocenters.